The maximum Gasteiger partial charge on any atom is 0.336 e. The highest BCUT2D eigenvalue weighted by atomic mass is 16.6. The Morgan fingerprint density at radius 1 is 1.00 bits per heavy atom. The summed E-state index contributed by atoms with van der Waals surface area (Å²) in [6, 6.07) is 12.0. The lowest BCUT2D eigenvalue weighted by Gasteiger charge is -2.08. The molecule has 0 amide bonds. The van der Waals surface area contributed by atoms with Gasteiger partial charge in [0.2, 0.25) is 0 Å². The van der Waals surface area contributed by atoms with E-state index in [0.29, 0.717) is 11.3 Å². The molecule has 0 aromatic heterocycles. The number of oxime groups is 1. The number of hydrogen-bond acceptors (Lipinski definition) is 6. The van der Waals surface area contributed by atoms with Gasteiger partial charge in [0.25, 0.3) is 0 Å². The van der Waals surface area contributed by atoms with Gasteiger partial charge in [-0.2, -0.15) is 0 Å². The number of carbonyl (C=O) groups is 1. The highest BCUT2D eigenvalue weighted by Gasteiger charge is 2.08. The van der Waals surface area contributed by atoms with Crippen LogP contribution in [0.1, 0.15) is 11.1 Å². The van der Waals surface area contributed by atoms with Crippen molar-refractivity contribution in [2.45, 2.75) is 0 Å². The zero-order chi connectivity index (χ0) is 17.4. The molecule has 0 saturated heterocycles. The maximum absolute atomic E-state index is 11.9. The van der Waals surface area contributed by atoms with E-state index < -0.39 is 5.97 Å². The predicted molar refractivity (Wildman–Crippen MR) is 90.0 cm³/mol. The van der Waals surface area contributed by atoms with E-state index >= 15 is 0 Å². The molecule has 0 bridgehead atoms. The SMILES string of the molecule is COc1ccc(/C=C/C(=O)Oc2ccc(/C=N/O)cc2OC)cc1. The first kappa shape index (κ1) is 17.1. The molecule has 1 N–H and O–H groups in total. The molecular weight excluding hydrogens is 310 g/mol. The molecule has 0 heterocycles. The van der Waals surface area contributed by atoms with Crippen LogP contribution in [0.5, 0.6) is 17.2 Å². The van der Waals surface area contributed by atoms with Crippen molar-refractivity contribution >= 4 is 18.3 Å². The third-order valence-corrected chi connectivity index (χ3v) is 3.13. The van der Waals surface area contributed by atoms with Crippen LogP contribution < -0.4 is 14.2 Å². The summed E-state index contributed by atoms with van der Waals surface area (Å²) >= 11 is 0. The summed E-state index contributed by atoms with van der Waals surface area (Å²) in [6.45, 7) is 0. The van der Waals surface area contributed by atoms with E-state index in [1.165, 1.54) is 19.4 Å². The van der Waals surface area contributed by atoms with Crippen molar-refractivity contribution in [1.29, 1.82) is 0 Å². The summed E-state index contributed by atoms with van der Waals surface area (Å²) in [6.07, 6.45) is 4.21. The van der Waals surface area contributed by atoms with E-state index in [1.807, 2.05) is 12.1 Å². The number of nitrogens with zero attached hydrogens (tertiary/aromatic N) is 1. The van der Waals surface area contributed by atoms with Crippen LogP contribution in [0.3, 0.4) is 0 Å². The van der Waals surface area contributed by atoms with E-state index in [9.17, 15) is 4.79 Å². The van der Waals surface area contributed by atoms with Crippen LogP contribution in [0.2, 0.25) is 0 Å². The van der Waals surface area contributed by atoms with Gasteiger partial charge in [0.15, 0.2) is 11.5 Å². The fraction of sp³-hybridized carbons (Fsp3) is 0.111. The van der Waals surface area contributed by atoms with Gasteiger partial charge in [0.05, 0.1) is 20.4 Å². The third-order valence-electron chi connectivity index (χ3n) is 3.13. The van der Waals surface area contributed by atoms with Crippen LogP contribution in [0.15, 0.2) is 53.7 Å². The first-order chi connectivity index (χ1) is 11.7. The zero-order valence-electron chi connectivity index (χ0n) is 13.3. The van der Waals surface area contributed by atoms with Crippen LogP contribution in [0, 0.1) is 0 Å². The molecule has 0 atom stereocenters. The molecule has 6 heteroatoms. The average Bonchev–Trinajstić information content (AvgIpc) is 2.62. The molecule has 0 spiro atoms. The highest BCUT2D eigenvalue weighted by molar-refractivity contribution is 5.89. The third kappa shape index (κ3) is 4.61. The van der Waals surface area contributed by atoms with Crippen LogP contribution in [0.4, 0.5) is 0 Å². The number of ether oxygens (including phenoxy) is 3. The van der Waals surface area contributed by atoms with Gasteiger partial charge < -0.3 is 19.4 Å². The zero-order valence-corrected chi connectivity index (χ0v) is 13.3. The summed E-state index contributed by atoms with van der Waals surface area (Å²) in [5.74, 6) is 0.842. The van der Waals surface area contributed by atoms with Gasteiger partial charge in [-0.15, -0.1) is 0 Å². The van der Waals surface area contributed by atoms with Crippen molar-refractivity contribution in [3.05, 3.63) is 59.7 Å². The fourth-order valence-electron chi connectivity index (χ4n) is 1.94. The van der Waals surface area contributed by atoms with E-state index in [4.69, 9.17) is 19.4 Å². The molecule has 2 aromatic rings. The van der Waals surface area contributed by atoms with Crippen LogP contribution in [0.25, 0.3) is 6.08 Å². The number of benzene rings is 2. The van der Waals surface area contributed by atoms with Gasteiger partial charge in [-0.1, -0.05) is 17.3 Å². The number of hydrogen-bond donors (Lipinski definition) is 1. The molecule has 0 aliphatic carbocycles. The summed E-state index contributed by atoms with van der Waals surface area (Å²) in [5.41, 5.74) is 1.46. The quantitative estimate of drug-likeness (QED) is 0.220. The Kier molecular flexibility index (Phi) is 5.96. The summed E-state index contributed by atoms with van der Waals surface area (Å²) < 4.78 is 15.5. The van der Waals surface area contributed by atoms with E-state index in [-0.39, 0.29) is 5.75 Å². The molecule has 0 unspecified atom stereocenters. The first-order valence-corrected chi connectivity index (χ1v) is 7.05. The van der Waals surface area contributed by atoms with E-state index in [2.05, 4.69) is 5.16 Å². The normalized spacial score (nSPS) is 10.9. The number of methoxy groups -OCH3 is 2. The predicted octanol–water partition coefficient (Wildman–Crippen LogP) is 3.13. The number of esters is 1. The average molecular weight is 327 g/mol. The van der Waals surface area contributed by atoms with Crippen molar-refractivity contribution in [1.82, 2.24) is 0 Å². The monoisotopic (exact) mass is 327 g/mol. The van der Waals surface area contributed by atoms with Crippen molar-refractivity contribution in [2.24, 2.45) is 5.16 Å². The lowest BCUT2D eigenvalue weighted by atomic mass is 10.2. The Morgan fingerprint density at radius 3 is 2.33 bits per heavy atom. The van der Waals surface area contributed by atoms with Crippen LogP contribution in [-0.2, 0) is 4.79 Å². The van der Waals surface area contributed by atoms with Gasteiger partial charge >= 0.3 is 5.97 Å². The van der Waals surface area contributed by atoms with Gasteiger partial charge in [-0.3, -0.25) is 0 Å². The molecule has 2 rings (SSSR count). The first-order valence-electron chi connectivity index (χ1n) is 7.05. The minimum Gasteiger partial charge on any atom is -0.497 e. The Bertz CT molecular complexity index is 751. The summed E-state index contributed by atoms with van der Waals surface area (Å²) in [7, 11) is 3.05. The Hall–Kier alpha value is -3.28. The van der Waals surface area contributed by atoms with Gasteiger partial charge in [0, 0.05) is 11.6 Å². The second-order valence-electron chi connectivity index (χ2n) is 4.68. The van der Waals surface area contributed by atoms with Crippen LogP contribution in [-0.4, -0.2) is 31.6 Å². The second kappa shape index (κ2) is 8.38. The summed E-state index contributed by atoms with van der Waals surface area (Å²) in [5, 5.41) is 11.5. The molecule has 0 fully saturated rings. The molecule has 0 aliphatic heterocycles. The van der Waals surface area contributed by atoms with Gasteiger partial charge in [-0.05, 0) is 42.0 Å². The van der Waals surface area contributed by atoms with Crippen LogP contribution >= 0.6 is 0 Å². The van der Waals surface area contributed by atoms with E-state index in [1.54, 1.807) is 43.5 Å². The number of carbonyl (C=O) groups excluding carboxylic acids is 1. The Labute approximate surface area is 139 Å². The maximum atomic E-state index is 11.9. The van der Waals surface area contributed by atoms with E-state index in [0.717, 1.165) is 11.3 Å². The minimum absolute atomic E-state index is 0.275. The topological polar surface area (TPSA) is 77.4 Å². The van der Waals surface area contributed by atoms with Crippen molar-refractivity contribution in [2.75, 3.05) is 14.2 Å². The van der Waals surface area contributed by atoms with Crippen molar-refractivity contribution < 1.29 is 24.2 Å². The molecule has 0 aliphatic rings. The molecular formula is C18H17NO5. The minimum atomic E-state index is -0.535. The van der Waals surface area contributed by atoms with Gasteiger partial charge in [-0.25, -0.2) is 4.79 Å². The second-order valence-corrected chi connectivity index (χ2v) is 4.68. The molecule has 0 radical (unpaired) electrons. The van der Waals surface area contributed by atoms with Crippen molar-refractivity contribution in [3.63, 3.8) is 0 Å². The molecule has 2 aromatic carbocycles. The molecule has 124 valence electrons. The standard InChI is InChI=1S/C18H17NO5/c1-22-15-7-3-13(4-8-15)6-10-18(20)24-16-9-5-14(12-19-21)11-17(16)23-2/h3-12,21H,1-2H3/b10-6+,19-12+. The fourth-order valence-corrected chi connectivity index (χ4v) is 1.94. The largest absolute Gasteiger partial charge is 0.497 e. The molecule has 24 heavy (non-hydrogen) atoms. The molecule has 6 nitrogen and oxygen atoms in total. The lowest BCUT2D eigenvalue weighted by Crippen LogP contribution is -2.05. The molecule has 0 saturated carbocycles. The summed E-state index contributed by atoms with van der Waals surface area (Å²) in [4.78, 5) is 11.9. The van der Waals surface area contributed by atoms with Crippen molar-refractivity contribution in [3.8, 4) is 17.2 Å². The smallest absolute Gasteiger partial charge is 0.336 e. The Morgan fingerprint density at radius 2 is 1.71 bits per heavy atom. The lowest BCUT2D eigenvalue weighted by molar-refractivity contribution is -0.129. The Balaban J connectivity index is 2.07. The number of rotatable bonds is 6. The van der Waals surface area contributed by atoms with Gasteiger partial charge in [0.1, 0.15) is 5.75 Å². The highest BCUT2D eigenvalue weighted by Crippen LogP contribution is 2.27.